The quantitative estimate of drug-likeness (QED) is 0.587. The van der Waals surface area contributed by atoms with Crippen molar-refractivity contribution in [1.29, 1.82) is 0 Å². The molecule has 0 saturated heterocycles. The zero-order valence-corrected chi connectivity index (χ0v) is 14.3. The Morgan fingerprint density at radius 1 is 1.00 bits per heavy atom. The van der Waals surface area contributed by atoms with Crippen molar-refractivity contribution >= 4 is 33.5 Å². The zero-order valence-electron chi connectivity index (χ0n) is 14.3. The molecule has 0 radical (unpaired) electrons. The molecule has 26 heavy (non-hydrogen) atoms. The predicted molar refractivity (Wildman–Crippen MR) is 102 cm³/mol. The van der Waals surface area contributed by atoms with Gasteiger partial charge >= 0.3 is 0 Å². The Kier molecular flexibility index (Phi) is 3.49. The minimum absolute atomic E-state index is 0.0223. The number of benzene rings is 3. The first-order chi connectivity index (χ1) is 12.8. The number of carbonyl (C=O) groups is 1. The van der Waals surface area contributed by atoms with Crippen LogP contribution in [0, 0.1) is 0 Å². The molecule has 1 heterocycles. The second kappa shape index (κ2) is 5.99. The normalized spacial score (nSPS) is 12.8. The van der Waals surface area contributed by atoms with Gasteiger partial charge in [0.25, 0.3) is 0 Å². The Morgan fingerprint density at radius 3 is 2.73 bits per heavy atom. The first-order valence-electron chi connectivity index (χ1n) is 8.96. The molecule has 4 aromatic rings. The molecular formula is C22H18N2O2. The van der Waals surface area contributed by atoms with Gasteiger partial charge in [-0.3, -0.25) is 4.79 Å². The van der Waals surface area contributed by atoms with Crippen LogP contribution in [0.15, 0.2) is 59.0 Å². The first-order valence-corrected chi connectivity index (χ1v) is 8.96. The van der Waals surface area contributed by atoms with Gasteiger partial charge in [0.1, 0.15) is 5.52 Å². The molecule has 4 nitrogen and oxygen atoms in total. The smallest absolute Gasteiger partial charge is 0.224 e. The minimum Gasteiger partial charge on any atom is -0.441 e. The number of nitrogens with one attached hydrogen (secondary N) is 1. The van der Waals surface area contributed by atoms with Crippen LogP contribution in [0.25, 0.3) is 21.9 Å². The van der Waals surface area contributed by atoms with E-state index in [-0.39, 0.29) is 5.91 Å². The molecular weight excluding hydrogens is 324 g/mol. The highest BCUT2D eigenvalue weighted by Crippen LogP contribution is 2.35. The van der Waals surface area contributed by atoms with E-state index in [1.54, 1.807) is 0 Å². The molecule has 1 aliphatic rings. The Morgan fingerprint density at radius 2 is 1.85 bits per heavy atom. The molecule has 1 N–H and O–H groups in total. The molecule has 128 valence electrons. The number of fused-ring (bicyclic) bond motifs is 1. The topological polar surface area (TPSA) is 55.1 Å². The van der Waals surface area contributed by atoms with E-state index in [1.807, 2.05) is 30.3 Å². The van der Waals surface area contributed by atoms with Gasteiger partial charge in [0, 0.05) is 23.9 Å². The highest BCUT2D eigenvalue weighted by atomic mass is 16.3. The fourth-order valence-electron chi connectivity index (χ4n) is 3.82. The van der Waals surface area contributed by atoms with Crippen molar-refractivity contribution in [3.8, 4) is 0 Å². The first kappa shape index (κ1) is 15.1. The fraction of sp³-hybridized carbons (Fsp3) is 0.182. The Balaban J connectivity index is 1.34. The van der Waals surface area contributed by atoms with Gasteiger partial charge in [-0.25, -0.2) is 4.98 Å². The summed E-state index contributed by atoms with van der Waals surface area (Å²) in [5.74, 6) is 0.577. The van der Waals surface area contributed by atoms with Crippen LogP contribution < -0.4 is 5.32 Å². The van der Waals surface area contributed by atoms with Crippen LogP contribution in [0.3, 0.4) is 0 Å². The van der Waals surface area contributed by atoms with Crippen molar-refractivity contribution in [1.82, 2.24) is 4.98 Å². The van der Waals surface area contributed by atoms with Crippen molar-refractivity contribution in [2.75, 3.05) is 5.32 Å². The van der Waals surface area contributed by atoms with E-state index in [4.69, 9.17) is 4.42 Å². The summed E-state index contributed by atoms with van der Waals surface area (Å²) < 4.78 is 5.69. The summed E-state index contributed by atoms with van der Waals surface area (Å²) in [6.07, 6.45) is 3.00. The third kappa shape index (κ3) is 2.54. The van der Waals surface area contributed by atoms with Gasteiger partial charge in [-0.2, -0.15) is 0 Å². The standard InChI is InChI=1S/C22H18N2O2/c25-20(12-13-21-24-18-6-1-2-7-19(18)26-21)23-17-11-10-15-9-8-14-4-3-5-16(17)22(14)15/h1-7,10-11H,8-9,12-13H2,(H,23,25). The van der Waals surface area contributed by atoms with Crippen molar-refractivity contribution in [2.45, 2.75) is 25.7 Å². The molecule has 1 aromatic heterocycles. The molecule has 1 aliphatic carbocycles. The van der Waals surface area contributed by atoms with E-state index in [0.29, 0.717) is 18.7 Å². The van der Waals surface area contributed by atoms with E-state index >= 15 is 0 Å². The van der Waals surface area contributed by atoms with Gasteiger partial charge < -0.3 is 9.73 Å². The number of hydrogen-bond donors (Lipinski definition) is 1. The monoisotopic (exact) mass is 342 g/mol. The lowest BCUT2D eigenvalue weighted by Gasteiger charge is -2.10. The summed E-state index contributed by atoms with van der Waals surface area (Å²) in [4.78, 5) is 16.9. The average Bonchev–Trinajstić information content (AvgIpc) is 3.27. The highest BCUT2D eigenvalue weighted by Gasteiger charge is 2.17. The number of para-hydroxylation sites is 2. The van der Waals surface area contributed by atoms with Crippen molar-refractivity contribution < 1.29 is 9.21 Å². The Hall–Kier alpha value is -3.14. The third-order valence-electron chi connectivity index (χ3n) is 5.06. The number of aryl methyl sites for hydroxylation is 3. The van der Waals surface area contributed by atoms with E-state index in [0.717, 1.165) is 35.0 Å². The van der Waals surface area contributed by atoms with Crippen molar-refractivity contribution in [2.24, 2.45) is 0 Å². The van der Waals surface area contributed by atoms with Crippen LogP contribution >= 0.6 is 0 Å². The molecule has 0 fully saturated rings. The molecule has 0 spiro atoms. The van der Waals surface area contributed by atoms with Gasteiger partial charge in [0.2, 0.25) is 5.91 Å². The molecule has 0 saturated carbocycles. The number of hydrogen-bond acceptors (Lipinski definition) is 3. The SMILES string of the molecule is O=C(CCc1nc2ccccc2o1)Nc1ccc2c3c(cccc13)CC2. The molecule has 4 heteroatoms. The molecule has 0 unspecified atom stereocenters. The van der Waals surface area contributed by atoms with Crippen LogP contribution in [0.1, 0.15) is 23.4 Å². The summed E-state index contributed by atoms with van der Waals surface area (Å²) in [6, 6.07) is 18.1. The van der Waals surface area contributed by atoms with E-state index in [2.05, 4.69) is 34.6 Å². The van der Waals surface area contributed by atoms with Gasteiger partial charge in [-0.1, -0.05) is 36.4 Å². The summed E-state index contributed by atoms with van der Waals surface area (Å²) in [5.41, 5.74) is 5.22. The van der Waals surface area contributed by atoms with Crippen LogP contribution in [0.5, 0.6) is 0 Å². The van der Waals surface area contributed by atoms with Gasteiger partial charge in [0.05, 0.1) is 0 Å². The molecule has 3 aromatic carbocycles. The number of aromatic nitrogens is 1. The number of anilines is 1. The van der Waals surface area contributed by atoms with Gasteiger partial charge in [-0.15, -0.1) is 0 Å². The number of amides is 1. The van der Waals surface area contributed by atoms with Crippen LogP contribution in [-0.2, 0) is 24.1 Å². The number of oxazole rings is 1. The zero-order chi connectivity index (χ0) is 17.5. The fourth-order valence-corrected chi connectivity index (χ4v) is 3.82. The minimum atomic E-state index is -0.0223. The average molecular weight is 342 g/mol. The van der Waals surface area contributed by atoms with Gasteiger partial charge in [0.15, 0.2) is 11.5 Å². The number of nitrogens with zero attached hydrogens (tertiary/aromatic N) is 1. The number of rotatable bonds is 4. The largest absolute Gasteiger partial charge is 0.441 e. The second-order valence-corrected chi connectivity index (χ2v) is 6.74. The van der Waals surface area contributed by atoms with Crippen LogP contribution in [-0.4, -0.2) is 10.9 Å². The van der Waals surface area contributed by atoms with E-state index < -0.39 is 0 Å². The summed E-state index contributed by atoms with van der Waals surface area (Å²) >= 11 is 0. The lowest BCUT2D eigenvalue weighted by atomic mass is 10.0. The third-order valence-corrected chi connectivity index (χ3v) is 5.06. The molecule has 0 atom stereocenters. The maximum Gasteiger partial charge on any atom is 0.224 e. The summed E-state index contributed by atoms with van der Waals surface area (Å²) in [7, 11) is 0. The Bertz CT molecular complexity index is 1100. The summed E-state index contributed by atoms with van der Waals surface area (Å²) in [5, 5.41) is 5.50. The van der Waals surface area contributed by atoms with E-state index in [1.165, 1.54) is 16.5 Å². The van der Waals surface area contributed by atoms with Crippen molar-refractivity contribution in [3.05, 3.63) is 71.6 Å². The maximum absolute atomic E-state index is 12.4. The highest BCUT2D eigenvalue weighted by molar-refractivity contribution is 6.05. The molecule has 5 rings (SSSR count). The van der Waals surface area contributed by atoms with Crippen LogP contribution in [0.4, 0.5) is 5.69 Å². The lowest BCUT2D eigenvalue weighted by Crippen LogP contribution is -2.12. The molecule has 0 aliphatic heterocycles. The van der Waals surface area contributed by atoms with Gasteiger partial charge in [-0.05, 0) is 47.6 Å². The number of carbonyl (C=O) groups excluding carboxylic acids is 1. The van der Waals surface area contributed by atoms with E-state index in [9.17, 15) is 4.79 Å². The lowest BCUT2D eigenvalue weighted by molar-refractivity contribution is -0.116. The van der Waals surface area contributed by atoms with Crippen molar-refractivity contribution in [3.63, 3.8) is 0 Å². The molecule has 1 amide bonds. The summed E-state index contributed by atoms with van der Waals surface area (Å²) in [6.45, 7) is 0. The predicted octanol–water partition coefficient (Wildman–Crippen LogP) is 4.65. The molecule has 0 bridgehead atoms. The Labute approximate surface area is 150 Å². The maximum atomic E-state index is 12.4. The second-order valence-electron chi connectivity index (χ2n) is 6.74. The van der Waals surface area contributed by atoms with Crippen LogP contribution in [0.2, 0.25) is 0 Å².